The van der Waals surface area contributed by atoms with Crippen molar-refractivity contribution in [1.29, 1.82) is 0 Å². The third kappa shape index (κ3) is 3.26. The van der Waals surface area contributed by atoms with Gasteiger partial charge in [-0.05, 0) is 40.2 Å². The molecule has 106 valence electrons. The summed E-state index contributed by atoms with van der Waals surface area (Å²) < 4.78 is 0.965. The van der Waals surface area contributed by atoms with Gasteiger partial charge in [0.25, 0.3) is 0 Å². The molecule has 3 aromatic rings. The largest absolute Gasteiger partial charge is 0.271 e. The number of nitrogens with two attached hydrogens (primary N) is 1. The van der Waals surface area contributed by atoms with Gasteiger partial charge in [-0.1, -0.05) is 24.3 Å². The predicted molar refractivity (Wildman–Crippen MR) is 87.4 cm³/mol. The number of hydrogen-bond donors (Lipinski definition) is 2. The zero-order chi connectivity index (χ0) is 14.7. The summed E-state index contributed by atoms with van der Waals surface area (Å²) in [4.78, 5) is 9.06. The number of hydrazine groups is 1. The molecule has 0 spiro atoms. The van der Waals surface area contributed by atoms with Gasteiger partial charge in [-0.3, -0.25) is 21.2 Å². The smallest absolute Gasteiger partial charge is 0.0706 e. The van der Waals surface area contributed by atoms with Crippen molar-refractivity contribution in [3.63, 3.8) is 0 Å². The number of nitrogens with zero attached hydrogens (tertiary/aromatic N) is 2. The van der Waals surface area contributed by atoms with E-state index < -0.39 is 0 Å². The first kappa shape index (κ1) is 14.1. The SMILES string of the molecule is NNC(Cc1ccc(Br)cn1)c1ccc2ccccc2n1. The molecule has 0 aliphatic heterocycles. The highest BCUT2D eigenvalue weighted by molar-refractivity contribution is 9.10. The zero-order valence-corrected chi connectivity index (χ0v) is 12.9. The van der Waals surface area contributed by atoms with Crippen LogP contribution in [0.3, 0.4) is 0 Å². The normalized spacial score (nSPS) is 12.5. The highest BCUT2D eigenvalue weighted by Gasteiger charge is 2.13. The number of rotatable bonds is 4. The maximum atomic E-state index is 5.70. The minimum Gasteiger partial charge on any atom is -0.271 e. The van der Waals surface area contributed by atoms with Crippen LogP contribution in [0.1, 0.15) is 17.4 Å². The minimum atomic E-state index is -0.0664. The second-order valence-electron chi connectivity index (χ2n) is 4.82. The third-order valence-corrected chi connectivity index (χ3v) is 3.85. The van der Waals surface area contributed by atoms with Crippen molar-refractivity contribution >= 4 is 26.8 Å². The van der Waals surface area contributed by atoms with Crippen LogP contribution in [-0.4, -0.2) is 9.97 Å². The molecule has 0 saturated carbocycles. The number of fused-ring (bicyclic) bond motifs is 1. The number of nitrogens with one attached hydrogen (secondary N) is 1. The molecule has 0 aliphatic carbocycles. The summed E-state index contributed by atoms with van der Waals surface area (Å²) in [5, 5.41) is 1.12. The van der Waals surface area contributed by atoms with Crippen molar-refractivity contribution in [2.45, 2.75) is 12.5 Å². The number of halogens is 1. The van der Waals surface area contributed by atoms with Crippen molar-refractivity contribution < 1.29 is 0 Å². The van der Waals surface area contributed by atoms with Gasteiger partial charge in [0.2, 0.25) is 0 Å². The predicted octanol–water partition coefficient (Wildman–Crippen LogP) is 3.14. The molecule has 5 heteroatoms. The highest BCUT2D eigenvalue weighted by Crippen LogP contribution is 2.19. The van der Waals surface area contributed by atoms with Crippen molar-refractivity contribution in [2.24, 2.45) is 5.84 Å². The van der Waals surface area contributed by atoms with Gasteiger partial charge < -0.3 is 0 Å². The molecule has 0 bridgehead atoms. The average molecular weight is 343 g/mol. The molecule has 1 unspecified atom stereocenters. The first-order valence-corrected chi connectivity index (χ1v) is 7.48. The highest BCUT2D eigenvalue weighted by atomic mass is 79.9. The summed E-state index contributed by atoms with van der Waals surface area (Å²) in [5.41, 5.74) is 5.69. The third-order valence-electron chi connectivity index (χ3n) is 3.38. The van der Waals surface area contributed by atoms with E-state index >= 15 is 0 Å². The van der Waals surface area contributed by atoms with Crippen LogP contribution in [0.15, 0.2) is 59.2 Å². The topological polar surface area (TPSA) is 63.8 Å². The van der Waals surface area contributed by atoms with E-state index in [9.17, 15) is 0 Å². The van der Waals surface area contributed by atoms with E-state index in [4.69, 9.17) is 5.84 Å². The van der Waals surface area contributed by atoms with E-state index in [1.54, 1.807) is 6.20 Å². The number of para-hydroxylation sites is 1. The van der Waals surface area contributed by atoms with Crippen LogP contribution in [0.5, 0.6) is 0 Å². The van der Waals surface area contributed by atoms with E-state index in [0.717, 1.165) is 26.8 Å². The van der Waals surface area contributed by atoms with Gasteiger partial charge in [-0.15, -0.1) is 0 Å². The Bertz CT molecular complexity index is 743. The molecule has 4 nitrogen and oxygen atoms in total. The van der Waals surface area contributed by atoms with Crippen molar-refractivity contribution in [3.8, 4) is 0 Å². The Morgan fingerprint density at radius 1 is 1.10 bits per heavy atom. The fourth-order valence-electron chi connectivity index (χ4n) is 2.26. The number of pyridine rings is 2. The quantitative estimate of drug-likeness (QED) is 0.564. The molecular weight excluding hydrogens is 328 g/mol. The first-order chi connectivity index (χ1) is 10.3. The molecule has 2 heterocycles. The summed E-state index contributed by atoms with van der Waals surface area (Å²) in [5.74, 6) is 5.70. The monoisotopic (exact) mass is 342 g/mol. The lowest BCUT2D eigenvalue weighted by atomic mass is 10.1. The molecule has 1 aromatic carbocycles. The Morgan fingerprint density at radius 2 is 1.95 bits per heavy atom. The lowest BCUT2D eigenvalue weighted by Crippen LogP contribution is -2.30. The van der Waals surface area contributed by atoms with Crippen LogP contribution in [0.2, 0.25) is 0 Å². The van der Waals surface area contributed by atoms with Crippen LogP contribution in [0, 0.1) is 0 Å². The van der Waals surface area contributed by atoms with Crippen molar-refractivity contribution in [2.75, 3.05) is 0 Å². The van der Waals surface area contributed by atoms with E-state index in [-0.39, 0.29) is 6.04 Å². The number of hydrogen-bond acceptors (Lipinski definition) is 4. The molecule has 0 radical (unpaired) electrons. The minimum absolute atomic E-state index is 0.0664. The molecule has 21 heavy (non-hydrogen) atoms. The van der Waals surface area contributed by atoms with Crippen LogP contribution in [0.25, 0.3) is 10.9 Å². The second-order valence-corrected chi connectivity index (χ2v) is 5.74. The zero-order valence-electron chi connectivity index (χ0n) is 11.3. The maximum Gasteiger partial charge on any atom is 0.0706 e. The summed E-state index contributed by atoms with van der Waals surface area (Å²) in [6.45, 7) is 0. The summed E-state index contributed by atoms with van der Waals surface area (Å²) in [6.07, 6.45) is 2.48. The van der Waals surface area contributed by atoms with Crippen LogP contribution < -0.4 is 11.3 Å². The molecular formula is C16H15BrN4. The Morgan fingerprint density at radius 3 is 2.71 bits per heavy atom. The van der Waals surface area contributed by atoms with E-state index in [1.807, 2.05) is 42.5 Å². The Balaban J connectivity index is 1.88. The lowest BCUT2D eigenvalue weighted by Gasteiger charge is -2.15. The Kier molecular flexibility index (Phi) is 4.24. The summed E-state index contributed by atoms with van der Waals surface area (Å²) in [7, 11) is 0. The summed E-state index contributed by atoms with van der Waals surface area (Å²) >= 11 is 3.39. The summed E-state index contributed by atoms with van der Waals surface area (Å²) in [6, 6.07) is 16.0. The number of benzene rings is 1. The fraction of sp³-hybridized carbons (Fsp3) is 0.125. The Labute approximate surface area is 131 Å². The molecule has 0 saturated heterocycles. The van der Waals surface area contributed by atoms with Crippen molar-refractivity contribution in [1.82, 2.24) is 15.4 Å². The van der Waals surface area contributed by atoms with Gasteiger partial charge in [-0.25, -0.2) is 0 Å². The van der Waals surface area contributed by atoms with Crippen LogP contribution in [-0.2, 0) is 6.42 Å². The molecule has 0 fully saturated rings. The second kappa shape index (κ2) is 6.30. The molecule has 0 amide bonds. The van der Waals surface area contributed by atoms with Crippen molar-refractivity contribution in [3.05, 3.63) is 70.6 Å². The van der Waals surface area contributed by atoms with Gasteiger partial charge in [-0.2, -0.15) is 0 Å². The first-order valence-electron chi connectivity index (χ1n) is 6.68. The lowest BCUT2D eigenvalue weighted by molar-refractivity contribution is 0.534. The molecule has 3 N–H and O–H groups in total. The van der Waals surface area contributed by atoms with Gasteiger partial charge in [0.05, 0.1) is 17.3 Å². The molecule has 3 rings (SSSR count). The standard InChI is InChI=1S/C16H15BrN4/c17-12-6-7-13(19-10-12)9-16(21-18)15-8-5-11-3-1-2-4-14(11)20-15/h1-8,10,16,21H,9,18H2. The van der Waals surface area contributed by atoms with E-state index in [1.165, 1.54) is 0 Å². The van der Waals surface area contributed by atoms with Gasteiger partial charge >= 0.3 is 0 Å². The van der Waals surface area contributed by atoms with Crippen LogP contribution >= 0.6 is 15.9 Å². The molecule has 1 atom stereocenters. The fourth-order valence-corrected chi connectivity index (χ4v) is 2.50. The van der Waals surface area contributed by atoms with Crippen LogP contribution in [0.4, 0.5) is 0 Å². The van der Waals surface area contributed by atoms with E-state index in [0.29, 0.717) is 6.42 Å². The van der Waals surface area contributed by atoms with Gasteiger partial charge in [0, 0.05) is 28.2 Å². The van der Waals surface area contributed by atoms with Gasteiger partial charge in [0.15, 0.2) is 0 Å². The van der Waals surface area contributed by atoms with Gasteiger partial charge in [0.1, 0.15) is 0 Å². The number of aromatic nitrogens is 2. The Hall–Kier alpha value is -1.82. The molecule has 2 aromatic heterocycles. The van der Waals surface area contributed by atoms with E-state index in [2.05, 4.69) is 37.4 Å². The molecule has 0 aliphatic rings. The average Bonchev–Trinajstić information content (AvgIpc) is 2.54. The maximum absolute atomic E-state index is 5.70.